The molecule has 0 aromatic carbocycles. The summed E-state index contributed by atoms with van der Waals surface area (Å²) in [6.07, 6.45) is 10.8. The quantitative estimate of drug-likeness (QED) is 0.829. The molecule has 0 amide bonds. The van der Waals surface area contributed by atoms with Crippen LogP contribution in [0.3, 0.4) is 0 Å². The van der Waals surface area contributed by atoms with Gasteiger partial charge in [0, 0.05) is 31.5 Å². The summed E-state index contributed by atoms with van der Waals surface area (Å²) >= 11 is 0. The number of nitrogens with zero attached hydrogens (tertiary/aromatic N) is 3. The minimum atomic E-state index is 0.610. The van der Waals surface area contributed by atoms with Crippen molar-refractivity contribution in [3.05, 3.63) is 30.1 Å². The molecule has 104 valence electrons. The zero-order chi connectivity index (χ0) is 12.9. The number of hydrogen-bond donors (Lipinski definition) is 0. The molecule has 0 spiro atoms. The lowest BCUT2D eigenvalue weighted by atomic mass is 10.1. The lowest BCUT2D eigenvalue weighted by Gasteiger charge is -2.30. The Morgan fingerprint density at radius 3 is 2.74 bits per heavy atom. The predicted molar refractivity (Wildman–Crippen MR) is 78.1 cm³/mol. The Kier molecular flexibility index (Phi) is 4.46. The largest absolute Gasteiger partial charge is 0.302 e. The number of rotatable bonds is 4. The van der Waals surface area contributed by atoms with Crippen LogP contribution in [0.15, 0.2) is 24.5 Å². The van der Waals surface area contributed by atoms with E-state index in [1.165, 1.54) is 70.4 Å². The van der Waals surface area contributed by atoms with Crippen molar-refractivity contribution < 1.29 is 0 Å². The molecule has 0 saturated carbocycles. The van der Waals surface area contributed by atoms with Crippen molar-refractivity contribution in [1.82, 2.24) is 14.8 Å². The maximum Gasteiger partial charge on any atom is 0.0364 e. The molecule has 0 N–H and O–H groups in total. The third-order valence-electron chi connectivity index (χ3n) is 4.58. The molecule has 0 bridgehead atoms. The van der Waals surface area contributed by atoms with Crippen molar-refractivity contribution in [2.45, 2.75) is 38.1 Å². The fourth-order valence-electron chi connectivity index (χ4n) is 3.50. The standard InChI is InChI=1S/C16H25N3/c1-2-9-18(10-3-1)12-13-19-11-5-7-16(19)15-6-4-8-17-14-15/h4,6,8,14,16H,1-3,5,7,9-13H2/t16-/m1/s1. The van der Waals surface area contributed by atoms with Gasteiger partial charge in [-0.15, -0.1) is 0 Å². The zero-order valence-electron chi connectivity index (χ0n) is 11.8. The van der Waals surface area contributed by atoms with Crippen LogP contribution in [0.4, 0.5) is 0 Å². The molecular weight excluding hydrogens is 234 g/mol. The van der Waals surface area contributed by atoms with Crippen LogP contribution in [0.2, 0.25) is 0 Å². The molecule has 1 aromatic rings. The van der Waals surface area contributed by atoms with Gasteiger partial charge < -0.3 is 4.90 Å². The smallest absolute Gasteiger partial charge is 0.0364 e. The van der Waals surface area contributed by atoms with E-state index in [1.54, 1.807) is 0 Å². The maximum absolute atomic E-state index is 4.28. The Hall–Kier alpha value is -0.930. The Morgan fingerprint density at radius 2 is 1.95 bits per heavy atom. The minimum Gasteiger partial charge on any atom is -0.302 e. The Balaban J connectivity index is 1.54. The van der Waals surface area contributed by atoms with E-state index in [9.17, 15) is 0 Å². The van der Waals surface area contributed by atoms with E-state index in [1.807, 2.05) is 12.4 Å². The van der Waals surface area contributed by atoms with Crippen LogP contribution >= 0.6 is 0 Å². The number of pyridine rings is 1. The molecule has 1 atom stereocenters. The van der Waals surface area contributed by atoms with Gasteiger partial charge in [0.15, 0.2) is 0 Å². The fraction of sp³-hybridized carbons (Fsp3) is 0.688. The first-order valence-electron chi connectivity index (χ1n) is 7.80. The fourth-order valence-corrected chi connectivity index (χ4v) is 3.50. The lowest BCUT2D eigenvalue weighted by Crippen LogP contribution is -2.37. The average molecular weight is 259 g/mol. The topological polar surface area (TPSA) is 19.4 Å². The molecule has 2 aliphatic rings. The molecule has 3 heterocycles. The SMILES string of the molecule is c1cncc([C@H]2CCCN2CCN2CCCCC2)c1. The summed E-state index contributed by atoms with van der Waals surface area (Å²) < 4.78 is 0. The van der Waals surface area contributed by atoms with Crippen molar-refractivity contribution in [1.29, 1.82) is 0 Å². The minimum absolute atomic E-state index is 0.610. The zero-order valence-corrected chi connectivity index (χ0v) is 11.8. The van der Waals surface area contributed by atoms with Crippen LogP contribution < -0.4 is 0 Å². The van der Waals surface area contributed by atoms with Crippen LogP contribution in [0, 0.1) is 0 Å². The number of piperidine rings is 1. The van der Waals surface area contributed by atoms with Crippen LogP contribution in [-0.4, -0.2) is 47.5 Å². The molecule has 3 nitrogen and oxygen atoms in total. The van der Waals surface area contributed by atoms with Crippen LogP contribution in [0.1, 0.15) is 43.7 Å². The summed E-state index contributed by atoms with van der Waals surface area (Å²) in [5.74, 6) is 0. The second-order valence-electron chi connectivity index (χ2n) is 5.88. The maximum atomic E-state index is 4.28. The van der Waals surface area contributed by atoms with E-state index in [4.69, 9.17) is 0 Å². The first-order chi connectivity index (χ1) is 9.43. The number of hydrogen-bond acceptors (Lipinski definition) is 3. The van der Waals surface area contributed by atoms with Crippen molar-refractivity contribution in [2.24, 2.45) is 0 Å². The third-order valence-corrected chi connectivity index (χ3v) is 4.58. The van der Waals surface area contributed by atoms with Gasteiger partial charge in [-0.3, -0.25) is 9.88 Å². The van der Waals surface area contributed by atoms with Gasteiger partial charge in [-0.2, -0.15) is 0 Å². The van der Waals surface area contributed by atoms with Crippen LogP contribution in [0.25, 0.3) is 0 Å². The highest BCUT2D eigenvalue weighted by atomic mass is 15.2. The molecule has 2 saturated heterocycles. The van der Waals surface area contributed by atoms with Crippen LogP contribution in [0.5, 0.6) is 0 Å². The van der Waals surface area contributed by atoms with Gasteiger partial charge in [0.1, 0.15) is 0 Å². The van der Waals surface area contributed by atoms with Gasteiger partial charge in [0.2, 0.25) is 0 Å². The van der Waals surface area contributed by atoms with Crippen molar-refractivity contribution in [2.75, 3.05) is 32.7 Å². The highest BCUT2D eigenvalue weighted by Crippen LogP contribution is 2.30. The van der Waals surface area contributed by atoms with E-state index in [0.717, 1.165) is 0 Å². The summed E-state index contributed by atoms with van der Waals surface area (Å²) in [6.45, 7) is 6.35. The van der Waals surface area contributed by atoms with Gasteiger partial charge in [0.25, 0.3) is 0 Å². The van der Waals surface area contributed by atoms with E-state index < -0.39 is 0 Å². The van der Waals surface area contributed by atoms with E-state index in [-0.39, 0.29) is 0 Å². The first kappa shape index (κ1) is 13.1. The van der Waals surface area contributed by atoms with Crippen molar-refractivity contribution in [3.63, 3.8) is 0 Å². The van der Waals surface area contributed by atoms with Gasteiger partial charge in [-0.05, 0) is 56.9 Å². The average Bonchev–Trinajstić information content (AvgIpc) is 2.95. The van der Waals surface area contributed by atoms with E-state index in [2.05, 4.69) is 26.9 Å². The molecule has 2 fully saturated rings. The molecule has 3 heteroatoms. The number of likely N-dealkylation sites (tertiary alicyclic amines) is 2. The van der Waals surface area contributed by atoms with Gasteiger partial charge in [-0.1, -0.05) is 12.5 Å². The lowest BCUT2D eigenvalue weighted by molar-refractivity contribution is 0.174. The van der Waals surface area contributed by atoms with E-state index >= 15 is 0 Å². The molecule has 19 heavy (non-hydrogen) atoms. The summed E-state index contributed by atoms with van der Waals surface area (Å²) in [5.41, 5.74) is 1.40. The third kappa shape index (κ3) is 3.34. The normalized spacial score (nSPS) is 25.8. The summed E-state index contributed by atoms with van der Waals surface area (Å²) in [6, 6.07) is 4.91. The van der Waals surface area contributed by atoms with Gasteiger partial charge >= 0.3 is 0 Å². The summed E-state index contributed by atoms with van der Waals surface area (Å²) in [4.78, 5) is 9.58. The molecular formula is C16H25N3. The Bertz CT molecular complexity index is 373. The highest BCUT2D eigenvalue weighted by molar-refractivity contribution is 5.15. The molecule has 0 unspecified atom stereocenters. The number of aromatic nitrogens is 1. The second-order valence-corrected chi connectivity index (χ2v) is 5.88. The molecule has 1 aromatic heterocycles. The highest BCUT2D eigenvalue weighted by Gasteiger charge is 2.26. The van der Waals surface area contributed by atoms with E-state index in [0.29, 0.717) is 6.04 Å². The molecule has 2 aliphatic heterocycles. The molecule has 0 aliphatic carbocycles. The van der Waals surface area contributed by atoms with Gasteiger partial charge in [-0.25, -0.2) is 0 Å². The van der Waals surface area contributed by atoms with Crippen molar-refractivity contribution >= 4 is 0 Å². The molecule has 3 rings (SSSR count). The molecule has 0 radical (unpaired) electrons. The Labute approximate surface area is 116 Å². The summed E-state index contributed by atoms with van der Waals surface area (Å²) in [7, 11) is 0. The van der Waals surface area contributed by atoms with Crippen molar-refractivity contribution in [3.8, 4) is 0 Å². The monoisotopic (exact) mass is 259 g/mol. The predicted octanol–water partition coefficient (Wildman–Crippen LogP) is 2.70. The Morgan fingerprint density at radius 1 is 1.05 bits per heavy atom. The summed E-state index contributed by atoms with van der Waals surface area (Å²) in [5, 5.41) is 0. The van der Waals surface area contributed by atoms with Crippen LogP contribution in [-0.2, 0) is 0 Å². The first-order valence-corrected chi connectivity index (χ1v) is 7.80. The second kappa shape index (κ2) is 6.49. The van der Waals surface area contributed by atoms with Gasteiger partial charge in [0.05, 0.1) is 0 Å².